The fourth-order valence-electron chi connectivity index (χ4n) is 1.39. The van der Waals surface area contributed by atoms with Crippen molar-refractivity contribution < 1.29 is 19.4 Å². The van der Waals surface area contributed by atoms with E-state index in [0.717, 1.165) is 4.90 Å². The van der Waals surface area contributed by atoms with E-state index in [1.165, 1.54) is 18.4 Å². The van der Waals surface area contributed by atoms with Crippen LogP contribution in [-0.2, 0) is 9.53 Å². The van der Waals surface area contributed by atoms with Crippen LogP contribution in [-0.4, -0.2) is 34.7 Å². The Morgan fingerprint density at radius 1 is 1.47 bits per heavy atom. The molecule has 1 N–H and O–H groups in total. The number of amides is 1. The maximum absolute atomic E-state index is 11.9. The molecule has 7 heteroatoms. The summed E-state index contributed by atoms with van der Waals surface area (Å²) in [6.45, 7) is 5.20. The number of carboxylic acid groups (broad SMARTS) is 1. The van der Waals surface area contributed by atoms with Crippen LogP contribution in [0.5, 0.6) is 0 Å². The first-order chi connectivity index (χ1) is 8.63. The number of carboxylic acids is 1. The highest BCUT2D eigenvalue weighted by Crippen LogP contribution is 2.33. The summed E-state index contributed by atoms with van der Waals surface area (Å²) in [5.74, 6) is -1.10. The van der Waals surface area contributed by atoms with Crippen molar-refractivity contribution in [2.24, 2.45) is 0 Å². The van der Waals surface area contributed by atoms with Gasteiger partial charge in [-0.15, -0.1) is 11.3 Å². The van der Waals surface area contributed by atoms with Gasteiger partial charge in [-0.05, 0) is 48.1 Å². The monoisotopic (exact) mass is 349 g/mol. The highest BCUT2D eigenvalue weighted by Gasteiger charge is 2.33. The highest BCUT2D eigenvalue weighted by molar-refractivity contribution is 9.10. The Balaban J connectivity index is 2.98. The van der Waals surface area contributed by atoms with Crippen LogP contribution in [0.2, 0.25) is 0 Å². The Morgan fingerprint density at radius 2 is 2.05 bits per heavy atom. The number of likely N-dealkylation sites (N-methyl/N-ethyl adjacent to an activating group) is 1. The molecule has 0 spiro atoms. The molecule has 0 aliphatic heterocycles. The van der Waals surface area contributed by atoms with Crippen LogP contribution >= 0.6 is 27.3 Å². The third-order valence-corrected chi connectivity index (χ3v) is 4.12. The molecule has 106 valence electrons. The highest BCUT2D eigenvalue weighted by atomic mass is 79.9. The number of carbonyl (C=O) groups is 2. The van der Waals surface area contributed by atoms with Crippen molar-refractivity contribution in [3.63, 3.8) is 0 Å². The molecule has 0 saturated heterocycles. The van der Waals surface area contributed by atoms with E-state index in [1.807, 2.05) is 0 Å². The van der Waals surface area contributed by atoms with E-state index < -0.39 is 23.7 Å². The molecule has 1 unspecified atom stereocenters. The minimum Gasteiger partial charge on any atom is -0.479 e. The van der Waals surface area contributed by atoms with E-state index in [2.05, 4.69) is 15.9 Å². The lowest BCUT2D eigenvalue weighted by atomic mass is 10.2. The molecule has 0 bridgehead atoms. The molecule has 1 rings (SSSR count). The van der Waals surface area contributed by atoms with Gasteiger partial charge in [-0.1, -0.05) is 0 Å². The topological polar surface area (TPSA) is 66.8 Å². The second-order valence-corrected chi connectivity index (χ2v) is 6.77. The number of rotatable bonds is 3. The summed E-state index contributed by atoms with van der Waals surface area (Å²) in [5.41, 5.74) is -0.666. The van der Waals surface area contributed by atoms with Crippen LogP contribution in [0.1, 0.15) is 31.7 Å². The van der Waals surface area contributed by atoms with E-state index in [1.54, 1.807) is 32.2 Å². The van der Waals surface area contributed by atoms with Crippen LogP contribution in [0, 0.1) is 0 Å². The summed E-state index contributed by atoms with van der Waals surface area (Å²) >= 11 is 4.55. The first kappa shape index (κ1) is 16.0. The summed E-state index contributed by atoms with van der Waals surface area (Å²) in [6, 6.07) is 0.683. The Hall–Kier alpha value is -1.08. The van der Waals surface area contributed by atoms with Gasteiger partial charge in [-0.25, -0.2) is 9.59 Å². The smallest absolute Gasteiger partial charge is 0.411 e. The molecule has 1 amide bonds. The molecule has 0 radical (unpaired) electrons. The molecular weight excluding hydrogens is 334 g/mol. The SMILES string of the molecule is CN(C(=O)OC(C)(C)C)C(C(=O)O)c1sccc1Br. The van der Waals surface area contributed by atoms with E-state index in [4.69, 9.17) is 4.74 Å². The van der Waals surface area contributed by atoms with Crippen LogP contribution in [0.15, 0.2) is 15.9 Å². The Bertz CT molecular complexity index is 480. The lowest BCUT2D eigenvalue weighted by Crippen LogP contribution is -2.39. The molecule has 0 saturated carbocycles. The molecule has 0 aliphatic rings. The van der Waals surface area contributed by atoms with Gasteiger partial charge in [0.1, 0.15) is 5.60 Å². The number of ether oxygens (including phenoxy) is 1. The largest absolute Gasteiger partial charge is 0.479 e. The minimum atomic E-state index is -1.10. The zero-order valence-corrected chi connectivity index (χ0v) is 13.5. The first-order valence-corrected chi connectivity index (χ1v) is 7.22. The van der Waals surface area contributed by atoms with Gasteiger partial charge in [0.05, 0.1) is 4.88 Å². The average Bonchev–Trinajstić information content (AvgIpc) is 2.62. The number of hydrogen-bond donors (Lipinski definition) is 1. The van der Waals surface area contributed by atoms with Crippen molar-refractivity contribution in [3.05, 3.63) is 20.8 Å². The lowest BCUT2D eigenvalue weighted by Gasteiger charge is -2.28. The molecule has 1 heterocycles. The Labute approximate surface area is 124 Å². The third kappa shape index (κ3) is 4.21. The van der Waals surface area contributed by atoms with Crippen molar-refractivity contribution in [2.45, 2.75) is 32.4 Å². The fraction of sp³-hybridized carbons (Fsp3) is 0.500. The van der Waals surface area contributed by atoms with E-state index in [0.29, 0.717) is 9.35 Å². The Kier molecular flexibility index (Phi) is 4.98. The van der Waals surface area contributed by atoms with Crippen LogP contribution in [0.4, 0.5) is 4.79 Å². The lowest BCUT2D eigenvalue weighted by molar-refractivity contribution is -0.142. The number of aliphatic carboxylic acids is 1. The first-order valence-electron chi connectivity index (χ1n) is 5.55. The number of hydrogen-bond acceptors (Lipinski definition) is 4. The number of halogens is 1. The predicted octanol–water partition coefficient (Wildman–Crippen LogP) is 3.50. The quantitative estimate of drug-likeness (QED) is 0.906. The standard InChI is InChI=1S/C12H16BrNO4S/c1-12(2,3)18-11(17)14(4)8(10(15)16)9-7(13)5-6-19-9/h5-6,8H,1-4H3,(H,15,16). The zero-order chi connectivity index (χ0) is 14.8. The second-order valence-electron chi connectivity index (χ2n) is 4.96. The maximum Gasteiger partial charge on any atom is 0.411 e. The summed E-state index contributed by atoms with van der Waals surface area (Å²) in [7, 11) is 1.42. The molecule has 19 heavy (non-hydrogen) atoms. The number of carbonyl (C=O) groups excluding carboxylic acids is 1. The molecular formula is C12H16BrNO4S. The van der Waals surface area contributed by atoms with Gasteiger partial charge in [0.15, 0.2) is 6.04 Å². The zero-order valence-electron chi connectivity index (χ0n) is 11.1. The van der Waals surface area contributed by atoms with Crippen LogP contribution < -0.4 is 0 Å². The van der Waals surface area contributed by atoms with E-state index >= 15 is 0 Å². The molecule has 1 aromatic rings. The molecule has 0 aliphatic carbocycles. The van der Waals surface area contributed by atoms with Gasteiger partial charge in [-0.2, -0.15) is 0 Å². The normalized spacial score (nSPS) is 12.9. The van der Waals surface area contributed by atoms with Crippen molar-refractivity contribution in [1.82, 2.24) is 4.90 Å². The van der Waals surface area contributed by atoms with Crippen LogP contribution in [0.25, 0.3) is 0 Å². The van der Waals surface area contributed by atoms with Crippen molar-refractivity contribution in [2.75, 3.05) is 7.05 Å². The summed E-state index contributed by atoms with van der Waals surface area (Å²) < 4.78 is 5.85. The predicted molar refractivity (Wildman–Crippen MR) is 76.4 cm³/mol. The summed E-state index contributed by atoms with van der Waals surface area (Å²) in [5, 5.41) is 11.1. The molecule has 1 atom stereocenters. The van der Waals surface area contributed by atoms with Gasteiger partial charge in [0, 0.05) is 11.5 Å². The van der Waals surface area contributed by atoms with Gasteiger partial charge in [0.2, 0.25) is 0 Å². The van der Waals surface area contributed by atoms with E-state index in [-0.39, 0.29) is 0 Å². The van der Waals surface area contributed by atoms with Gasteiger partial charge in [-0.3, -0.25) is 4.90 Å². The van der Waals surface area contributed by atoms with Crippen LogP contribution in [0.3, 0.4) is 0 Å². The molecule has 0 fully saturated rings. The number of thiophene rings is 1. The number of nitrogens with zero attached hydrogens (tertiary/aromatic N) is 1. The van der Waals surface area contributed by atoms with Crippen molar-refractivity contribution >= 4 is 39.3 Å². The van der Waals surface area contributed by atoms with Crippen molar-refractivity contribution in [3.8, 4) is 0 Å². The fourth-order valence-corrected chi connectivity index (χ4v) is 3.12. The van der Waals surface area contributed by atoms with Gasteiger partial charge < -0.3 is 9.84 Å². The van der Waals surface area contributed by atoms with Gasteiger partial charge in [0.25, 0.3) is 0 Å². The maximum atomic E-state index is 11.9. The Morgan fingerprint density at radius 3 is 2.42 bits per heavy atom. The minimum absolute atomic E-state index is 0.556. The van der Waals surface area contributed by atoms with E-state index in [9.17, 15) is 14.7 Å². The molecule has 1 aromatic heterocycles. The molecule has 5 nitrogen and oxygen atoms in total. The average molecular weight is 350 g/mol. The van der Waals surface area contributed by atoms with Crippen molar-refractivity contribution in [1.29, 1.82) is 0 Å². The second kappa shape index (κ2) is 5.92. The summed E-state index contributed by atoms with van der Waals surface area (Å²) in [4.78, 5) is 25.0. The van der Waals surface area contributed by atoms with Gasteiger partial charge >= 0.3 is 12.1 Å². The summed E-state index contributed by atoms with van der Waals surface area (Å²) in [6.07, 6.45) is -0.666. The third-order valence-electron chi connectivity index (χ3n) is 2.20. The molecule has 0 aromatic carbocycles.